The lowest BCUT2D eigenvalue weighted by molar-refractivity contribution is 0.194. The third-order valence-electron chi connectivity index (χ3n) is 3.61. The highest BCUT2D eigenvalue weighted by molar-refractivity contribution is 7.90. The summed E-state index contributed by atoms with van der Waals surface area (Å²) >= 11 is 6.05. The Kier molecular flexibility index (Phi) is 5.41. The molecule has 1 atom stereocenters. The highest BCUT2D eigenvalue weighted by atomic mass is 35.5. The van der Waals surface area contributed by atoms with Gasteiger partial charge in [-0.05, 0) is 31.9 Å². The van der Waals surface area contributed by atoms with Crippen LogP contribution in [-0.4, -0.2) is 50.6 Å². The fourth-order valence-corrected chi connectivity index (χ4v) is 3.88. The van der Waals surface area contributed by atoms with Gasteiger partial charge in [0.15, 0.2) is 5.75 Å². The lowest BCUT2D eigenvalue weighted by Gasteiger charge is -2.29. The fraction of sp³-hybridized carbons (Fsp3) is 0.533. The highest BCUT2D eigenvalue weighted by Crippen LogP contribution is 2.34. The molecule has 0 bridgehead atoms. The number of urea groups is 1. The molecule has 23 heavy (non-hydrogen) atoms. The monoisotopic (exact) mass is 360 g/mol. The minimum atomic E-state index is -3.17. The van der Waals surface area contributed by atoms with Gasteiger partial charge in [-0.2, -0.15) is 0 Å². The largest absolute Gasteiger partial charge is 0.493 e. The summed E-state index contributed by atoms with van der Waals surface area (Å²) in [5, 5.41) is 3.17. The Morgan fingerprint density at radius 3 is 2.65 bits per heavy atom. The van der Waals surface area contributed by atoms with Gasteiger partial charge < -0.3 is 15.0 Å². The van der Waals surface area contributed by atoms with E-state index >= 15 is 0 Å². The average molecular weight is 361 g/mol. The van der Waals surface area contributed by atoms with Crippen molar-refractivity contribution in [2.75, 3.05) is 24.4 Å². The summed E-state index contributed by atoms with van der Waals surface area (Å²) in [6.45, 7) is 1.74. The number of ether oxygens (including phenoxy) is 1. The lowest BCUT2D eigenvalue weighted by Crippen LogP contribution is -2.46. The quantitative estimate of drug-likeness (QED) is 0.846. The van der Waals surface area contributed by atoms with Crippen molar-refractivity contribution in [2.45, 2.75) is 31.8 Å². The molecule has 2 rings (SSSR count). The Bertz CT molecular complexity index is 689. The van der Waals surface area contributed by atoms with E-state index in [2.05, 4.69) is 5.32 Å². The van der Waals surface area contributed by atoms with Gasteiger partial charge in [-0.15, -0.1) is 0 Å². The molecule has 0 unspecified atom stereocenters. The van der Waals surface area contributed by atoms with Crippen LogP contribution < -0.4 is 10.1 Å². The summed E-state index contributed by atoms with van der Waals surface area (Å²) in [5.41, 5.74) is 0.460. The molecule has 128 valence electrons. The van der Waals surface area contributed by atoms with E-state index in [9.17, 15) is 13.2 Å². The van der Waals surface area contributed by atoms with Crippen LogP contribution in [0.4, 0.5) is 10.5 Å². The van der Waals surface area contributed by atoms with E-state index in [-0.39, 0.29) is 17.8 Å². The van der Waals surface area contributed by atoms with Gasteiger partial charge in [-0.1, -0.05) is 17.7 Å². The maximum atomic E-state index is 12.6. The summed E-state index contributed by atoms with van der Waals surface area (Å²) in [5.74, 6) is 0.317. The Morgan fingerprint density at radius 1 is 1.48 bits per heavy atom. The SMILES string of the molecule is COc1c(Cl)cccc1NC(=O)N(C1CC1)[C@H](C)CS(C)(=O)=O. The molecular formula is C15H21ClN2O4S. The number of benzene rings is 1. The second-order valence-corrected chi connectivity index (χ2v) is 8.42. The smallest absolute Gasteiger partial charge is 0.322 e. The van der Waals surface area contributed by atoms with Gasteiger partial charge in [0.25, 0.3) is 0 Å². The highest BCUT2D eigenvalue weighted by Gasteiger charge is 2.37. The number of hydrogen-bond acceptors (Lipinski definition) is 4. The Hall–Kier alpha value is -1.47. The minimum Gasteiger partial charge on any atom is -0.493 e. The van der Waals surface area contributed by atoms with Crippen LogP contribution in [0.5, 0.6) is 5.75 Å². The first-order valence-electron chi connectivity index (χ1n) is 7.32. The van der Waals surface area contributed by atoms with Crippen LogP contribution in [0.15, 0.2) is 18.2 Å². The van der Waals surface area contributed by atoms with Crippen LogP contribution in [0.3, 0.4) is 0 Å². The summed E-state index contributed by atoms with van der Waals surface area (Å²) in [7, 11) is -1.69. The zero-order valence-electron chi connectivity index (χ0n) is 13.4. The molecule has 0 aromatic heterocycles. The number of carbonyl (C=O) groups is 1. The first-order valence-corrected chi connectivity index (χ1v) is 9.76. The van der Waals surface area contributed by atoms with Gasteiger partial charge in [0, 0.05) is 18.3 Å². The zero-order valence-corrected chi connectivity index (χ0v) is 14.9. The van der Waals surface area contributed by atoms with Crippen molar-refractivity contribution in [1.82, 2.24) is 4.90 Å². The second-order valence-electron chi connectivity index (χ2n) is 5.83. The van der Waals surface area contributed by atoms with Crippen molar-refractivity contribution in [3.8, 4) is 5.75 Å². The van der Waals surface area contributed by atoms with Gasteiger partial charge >= 0.3 is 6.03 Å². The number of carbonyl (C=O) groups excluding carboxylic acids is 1. The van der Waals surface area contributed by atoms with Crippen molar-refractivity contribution in [1.29, 1.82) is 0 Å². The Balaban J connectivity index is 2.18. The predicted molar refractivity (Wildman–Crippen MR) is 91.1 cm³/mol. The van der Waals surface area contributed by atoms with Gasteiger partial charge in [-0.3, -0.25) is 0 Å². The number of nitrogens with one attached hydrogen (secondary N) is 1. The van der Waals surface area contributed by atoms with E-state index in [1.54, 1.807) is 30.0 Å². The van der Waals surface area contributed by atoms with Crippen LogP contribution in [-0.2, 0) is 9.84 Å². The number of sulfone groups is 1. The van der Waals surface area contributed by atoms with E-state index in [1.165, 1.54) is 13.4 Å². The minimum absolute atomic E-state index is 0.0659. The standard InChI is InChI=1S/C15H21ClN2O4S/c1-10(9-23(3,20)21)18(11-7-8-11)15(19)17-13-6-4-5-12(16)14(13)22-2/h4-6,10-11H,7-9H2,1-3H3,(H,17,19)/t10-/m1/s1. The molecule has 1 aromatic carbocycles. The average Bonchev–Trinajstić information content (AvgIpc) is 3.21. The van der Waals surface area contributed by atoms with Gasteiger partial charge in [0.1, 0.15) is 9.84 Å². The Labute approximate surface area is 141 Å². The lowest BCUT2D eigenvalue weighted by atomic mass is 10.3. The van der Waals surface area contributed by atoms with Crippen LogP contribution in [0.2, 0.25) is 5.02 Å². The van der Waals surface area contributed by atoms with Gasteiger partial charge in [0.05, 0.1) is 23.6 Å². The molecule has 1 N–H and O–H groups in total. The fourth-order valence-electron chi connectivity index (χ4n) is 2.59. The summed E-state index contributed by atoms with van der Waals surface area (Å²) in [6, 6.07) is 4.40. The molecule has 1 saturated carbocycles. The van der Waals surface area contributed by atoms with Crippen molar-refractivity contribution in [2.24, 2.45) is 0 Å². The van der Waals surface area contributed by atoms with Gasteiger partial charge in [-0.25, -0.2) is 13.2 Å². The van der Waals surface area contributed by atoms with Crippen molar-refractivity contribution in [3.63, 3.8) is 0 Å². The number of rotatable bonds is 6. The molecule has 1 fully saturated rings. The zero-order chi connectivity index (χ0) is 17.2. The third kappa shape index (κ3) is 4.75. The molecule has 0 heterocycles. The van der Waals surface area contributed by atoms with E-state index < -0.39 is 15.9 Å². The summed E-state index contributed by atoms with van der Waals surface area (Å²) in [6.07, 6.45) is 2.94. The molecule has 8 heteroatoms. The first-order chi connectivity index (χ1) is 10.7. The molecule has 1 aliphatic rings. The molecule has 0 spiro atoms. The number of methoxy groups -OCH3 is 1. The van der Waals surface area contributed by atoms with E-state index in [0.29, 0.717) is 16.5 Å². The van der Waals surface area contributed by atoms with Crippen LogP contribution in [0.25, 0.3) is 0 Å². The number of amides is 2. The number of hydrogen-bond donors (Lipinski definition) is 1. The number of para-hydroxylation sites is 1. The summed E-state index contributed by atoms with van der Waals surface area (Å²) < 4.78 is 28.3. The maximum absolute atomic E-state index is 12.6. The number of halogens is 1. The predicted octanol–water partition coefficient (Wildman–Crippen LogP) is 2.78. The van der Waals surface area contributed by atoms with Crippen LogP contribution >= 0.6 is 11.6 Å². The molecule has 1 aliphatic carbocycles. The molecule has 2 amide bonds. The molecule has 6 nitrogen and oxygen atoms in total. The number of nitrogens with zero attached hydrogens (tertiary/aromatic N) is 1. The molecule has 0 saturated heterocycles. The summed E-state index contributed by atoms with van der Waals surface area (Å²) in [4.78, 5) is 14.2. The molecule has 0 aliphatic heterocycles. The second kappa shape index (κ2) is 6.97. The van der Waals surface area contributed by atoms with E-state index in [0.717, 1.165) is 12.8 Å². The third-order valence-corrected chi connectivity index (χ3v) is 4.99. The van der Waals surface area contributed by atoms with Crippen molar-refractivity contribution < 1.29 is 17.9 Å². The molecular weight excluding hydrogens is 340 g/mol. The van der Waals surface area contributed by atoms with Crippen LogP contribution in [0, 0.1) is 0 Å². The Morgan fingerprint density at radius 2 is 2.13 bits per heavy atom. The van der Waals surface area contributed by atoms with Crippen LogP contribution in [0.1, 0.15) is 19.8 Å². The maximum Gasteiger partial charge on any atom is 0.322 e. The molecule has 0 radical (unpaired) electrons. The molecule has 1 aromatic rings. The van der Waals surface area contributed by atoms with Gasteiger partial charge in [0.2, 0.25) is 0 Å². The first kappa shape index (κ1) is 17.9. The normalized spacial score (nSPS) is 15.8. The topological polar surface area (TPSA) is 75.7 Å². The van der Waals surface area contributed by atoms with E-state index in [1.807, 2.05) is 0 Å². The van der Waals surface area contributed by atoms with E-state index in [4.69, 9.17) is 16.3 Å². The van der Waals surface area contributed by atoms with Crippen molar-refractivity contribution >= 4 is 33.2 Å². The van der Waals surface area contributed by atoms with Crippen molar-refractivity contribution in [3.05, 3.63) is 23.2 Å². The number of anilines is 1.